The van der Waals surface area contributed by atoms with Crippen molar-refractivity contribution in [2.45, 2.75) is 31.8 Å². The van der Waals surface area contributed by atoms with Crippen molar-refractivity contribution in [3.63, 3.8) is 0 Å². The number of thiophene rings is 1. The Balaban J connectivity index is 1.93. The van der Waals surface area contributed by atoms with Crippen LogP contribution < -0.4 is 0 Å². The normalized spacial score (nSPS) is 17.0. The van der Waals surface area contributed by atoms with E-state index in [0.29, 0.717) is 6.04 Å². The third kappa shape index (κ3) is 3.03. The minimum atomic E-state index is 0.267. The fourth-order valence-electron chi connectivity index (χ4n) is 1.91. The summed E-state index contributed by atoms with van der Waals surface area (Å²) in [5, 5.41) is 11.2. The Morgan fingerprint density at radius 2 is 2.33 bits per heavy atom. The summed E-state index contributed by atoms with van der Waals surface area (Å²) in [7, 11) is 0. The van der Waals surface area contributed by atoms with Crippen LogP contribution in [0.15, 0.2) is 15.9 Å². The Bertz CT molecular complexity index is 311. The second kappa shape index (κ2) is 5.43. The van der Waals surface area contributed by atoms with Crippen LogP contribution in [-0.4, -0.2) is 29.2 Å². The summed E-state index contributed by atoms with van der Waals surface area (Å²) in [6.45, 7) is 2.06. The first-order valence-corrected chi connectivity index (χ1v) is 7.04. The molecule has 1 aliphatic carbocycles. The highest BCUT2D eigenvalue weighted by Crippen LogP contribution is 2.28. The van der Waals surface area contributed by atoms with Crippen LogP contribution in [0.5, 0.6) is 0 Å². The average molecular weight is 290 g/mol. The van der Waals surface area contributed by atoms with Crippen molar-refractivity contribution in [1.29, 1.82) is 0 Å². The van der Waals surface area contributed by atoms with Crippen LogP contribution >= 0.6 is 27.3 Å². The van der Waals surface area contributed by atoms with Gasteiger partial charge in [-0.3, -0.25) is 4.90 Å². The number of aliphatic hydroxyl groups excluding tert-OH is 1. The van der Waals surface area contributed by atoms with Gasteiger partial charge in [-0.25, -0.2) is 0 Å². The van der Waals surface area contributed by atoms with Gasteiger partial charge in [0.15, 0.2) is 0 Å². The summed E-state index contributed by atoms with van der Waals surface area (Å²) < 4.78 is 1.17. The Labute approximate surface area is 103 Å². The molecule has 2 nitrogen and oxygen atoms in total. The summed E-state index contributed by atoms with van der Waals surface area (Å²) >= 11 is 5.26. The third-order valence-electron chi connectivity index (χ3n) is 2.96. The lowest BCUT2D eigenvalue weighted by Gasteiger charge is -2.36. The maximum absolute atomic E-state index is 9.04. The van der Waals surface area contributed by atoms with Crippen molar-refractivity contribution in [3.05, 3.63) is 20.8 Å². The Kier molecular flexibility index (Phi) is 4.20. The molecule has 0 spiro atoms. The quantitative estimate of drug-likeness (QED) is 0.901. The topological polar surface area (TPSA) is 23.5 Å². The van der Waals surface area contributed by atoms with E-state index in [4.69, 9.17) is 5.11 Å². The number of hydrogen-bond acceptors (Lipinski definition) is 3. The third-order valence-corrected chi connectivity index (χ3v) is 4.64. The molecule has 0 aliphatic heterocycles. The number of rotatable bonds is 5. The van der Waals surface area contributed by atoms with Crippen molar-refractivity contribution in [2.75, 3.05) is 13.2 Å². The van der Waals surface area contributed by atoms with Crippen LogP contribution in [0.3, 0.4) is 0 Å². The maximum Gasteiger partial charge on any atom is 0.0558 e. The van der Waals surface area contributed by atoms with Gasteiger partial charge >= 0.3 is 0 Å². The minimum Gasteiger partial charge on any atom is -0.395 e. The fraction of sp³-hybridized carbons (Fsp3) is 0.636. The SMILES string of the molecule is OCCN(Cc1cc(Br)cs1)C1CCC1. The molecular weight excluding hydrogens is 274 g/mol. The lowest BCUT2D eigenvalue weighted by Crippen LogP contribution is -2.41. The molecule has 1 fully saturated rings. The number of hydrogen-bond donors (Lipinski definition) is 1. The van der Waals surface area contributed by atoms with Crippen molar-refractivity contribution < 1.29 is 5.11 Å². The molecule has 1 aromatic rings. The van der Waals surface area contributed by atoms with E-state index < -0.39 is 0 Å². The van der Waals surface area contributed by atoms with E-state index >= 15 is 0 Å². The van der Waals surface area contributed by atoms with E-state index in [0.717, 1.165) is 13.1 Å². The molecule has 1 N–H and O–H groups in total. The molecule has 4 heteroatoms. The van der Waals surface area contributed by atoms with Crippen LogP contribution in [-0.2, 0) is 6.54 Å². The van der Waals surface area contributed by atoms with Crippen LogP contribution in [0.4, 0.5) is 0 Å². The largest absolute Gasteiger partial charge is 0.395 e. The molecule has 1 saturated carbocycles. The number of aliphatic hydroxyl groups is 1. The van der Waals surface area contributed by atoms with E-state index in [-0.39, 0.29) is 6.61 Å². The molecule has 1 aromatic heterocycles. The highest BCUT2D eigenvalue weighted by molar-refractivity contribution is 9.10. The fourth-order valence-corrected chi connectivity index (χ4v) is 3.38. The van der Waals surface area contributed by atoms with Gasteiger partial charge in [0, 0.05) is 33.9 Å². The maximum atomic E-state index is 9.04. The van der Waals surface area contributed by atoms with Gasteiger partial charge in [0.2, 0.25) is 0 Å². The predicted molar refractivity (Wildman–Crippen MR) is 67.2 cm³/mol. The first-order chi connectivity index (χ1) is 7.29. The lowest BCUT2D eigenvalue weighted by molar-refractivity contribution is 0.0955. The molecule has 0 amide bonds. The van der Waals surface area contributed by atoms with Crippen LogP contribution in [0.25, 0.3) is 0 Å². The standard InChI is InChI=1S/C11H16BrNOS/c12-9-6-11(15-8-9)7-13(4-5-14)10-2-1-3-10/h6,8,10,14H,1-5,7H2. The zero-order chi connectivity index (χ0) is 10.7. The summed E-state index contributed by atoms with van der Waals surface area (Å²) in [6, 6.07) is 2.88. The van der Waals surface area contributed by atoms with Crippen molar-refractivity contribution >= 4 is 27.3 Å². The summed E-state index contributed by atoms with van der Waals surface area (Å²) in [4.78, 5) is 3.78. The van der Waals surface area contributed by atoms with Crippen molar-refractivity contribution in [1.82, 2.24) is 4.90 Å². The Morgan fingerprint density at radius 3 is 2.80 bits per heavy atom. The molecule has 0 bridgehead atoms. The monoisotopic (exact) mass is 289 g/mol. The molecule has 84 valence electrons. The lowest BCUT2D eigenvalue weighted by atomic mass is 9.91. The van der Waals surface area contributed by atoms with Gasteiger partial charge in [-0.1, -0.05) is 6.42 Å². The second-order valence-corrected chi connectivity index (χ2v) is 5.92. The van der Waals surface area contributed by atoms with Crippen LogP contribution in [0.2, 0.25) is 0 Å². The molecule has 0 radical (unpaired) electrons. The Morgan fingerprint density at radius 1 is 1.53 bits per heavy atom. The predicted octanol–water partition coefficient (Wildman–Crippen LogP) is 2.86. The number of nitrogens with zero attached hydrogens (tertiary/aromatic N) is 1. The summed E-state index contributed by atoms with van der Waals surface area (Å²) in [6.07, 6.45) is 3.94. The highest BCUT2D eigenvalue weighted by Gasteiger charge is 2.24. The van der Waals surface area contributed by atoms with Gasteiger partial charge in [-0.2, -0.15) is 0 Å². The molecule has 0 atom stereocenters. The van der Waals surface area contributed by atoms with E-state index in [9.17, 15) is 0 Å². The van der Waals surface area contributed by atoms with Crippen molar-refractivity contribution in [2.24, 2.45) is 0 Å². The molecule has 0 saturated heterocycles. The zero-order valence-corrected chi connectivity index (χ0v) is 11.1. The molecule has 2 rings (SSSR count). The van der Waals surface area contributed by atoms with E-state index in [1.807, 2.05) is 0 Å². The van der Waals surface area contributed by atoms with Gasteiger partial charge in [0.25, 0.3) is 0 Å². The summed E-state index contributed by atoms with van der Waals surface area (Å²) in [5.41, 5.74) is 0. The van der Waals surface area contributed by atoms with Gasteiger partial charge in [0.1, 0.15) is 0 Å². The zero-order valence-electron chi connectivity index (χ0n) is 8.66. The average Bonchev–Trinajstić information content (AvgIpc) is 2.48. The summed E-state index contributed by atoms with van der Waals surface area (Å²) in [5.74, 6) is 0. The van der Waals surface area contributed by atoms with Crippen molar-refractivity contribution in [3.8, 4) is 0 Å². The molecule has 1 aliphatic rings. The van der Waals surface area contributed by atoms with Crippen LogP contribution in [0.1, 0.15) is 24.1 Å². The smallest absolute Gasteiger partial charge is 0.0558 e. The molecule has 15 heavy (non-hydrogen) atoms. The van der Waals surface area contributed by atoms with Gasteiger partial charge in [-0.05, 0) is 34.8 Å². The van der Waals surface area contributed by atoms with Gasteiger partial charge in [-0.15, -0.1) is 11.3 Å². The molecule has 0 aromatic carbocycles. The van der Waals surface area contributed by atoms with E-state index in [1.54, 1.807) is 11.3 Å². The first-order valence-electron chi connectivity index (χ1n) is 5.37. The highest BCUT2D eigenvalue weighted by atomic mass is 79.9. The first kappa shape index (κ1) is 11.6. The molecular formula is C11H16BrNOS. The van der Waals surface area contributed by atoms with E-state index in [1.165, 1.54) is 28.6 Å². The van der Waals surface area contributed by atoms with E-state index in [2.05, 4.69) is 32.3 Å². The molecule has 0 unspecified atom stereocenters. The second-order valence-electron chi connectivity index (χ2n) is 4.01. The minimum absolute atomic E-state index is 0.267. The van der Waals surface area contributed by atoms with Gasteiger partial charge < -0.3 is 5.11 Å². The Hall–Kier alpha value is 0.1000. The van der Waals surface area contributed by atoms with Gasteiger partial charge in [0.05, 0.1) is 6.61 Å². The molecule has 1 heterocycles. The number of halogens is 1. The van der Waals surface area contributed by atoms with Crippen LogP contribution in [0, 0.1) is 0 Å².